The summed E-state index contributed by atoms with van der Waals surface area (Å²) in [5.41, 5.74) is 0.925. The maximum Gasteiger partial charge on any atom is 0.0252 e. The van der Waals surface area contributed by atoms with E-state index < -0.39 is 0 Å². The molecule has 14 heavy (non-hydrogen) atoms. The maximum atomic E-state index is 3.72. The number of nitrogens with zero attached hydrogens (tertiary/aromatic N) is 1. The predicted molar refractivity (Wildman–Crippen MR) is 60.5 cm³/mol. The van der Waals surface area contributed by atoms with Crippen LogP contribution in [0.5, 0.6) is 0 Å². The minimum atomic E-state index is 0.288. The highest BCUT2D eigenvalue weighted by Crippen LogP contribution is 2.47. The normalized spacial score (nSPS) is 30.6. The lowest BCUT2D eigenvalue weighted by molar-refractivity contribution is 0.172. The highest BCUT2D eigenvalue weighted by atomic mass is 15.2. The lowest BCUT2D eigenvalue weighted by Crippen LogP contribution is -2.48. The van der Waals surface area contributed by atoms with Gasteiger partial charge in [-0.05, 0) is 46.0 Å². The molecule has 1 saturated heterocycles. The van der Waals surface area contributed by atoms with Gasteiger partial charge in [0.1, 0.15) is 0 Å². The van der Waals surface area contributed by atoms with E-state index in [4.69, 9.17) is 0 Å². The van der Waals surface area contributed by atoms with Crippen LogP contribution >= 0.6 is 0 Å². The van der Waals surface area contributed by atoms with Gasteiger partial charge in [-0.2, -0.15) is 0 Å². The molecule has 2 nitrogen and oxygen atoms in total. The zero-order valence-corrected chi connectivity index (χ0v) is 10.1. The Bertz CT molecular complexity index is 208. The molecule has 0 unspecified atom stereocenters. The van der Waals surface area contributed by atoms with E-state index in [1.165, 1.54) is 32.5 Å². The predicted octanol–water partition coefficient (Wildman–Crippen LogP) is 1.86. The molecule has 2 heteroatoms. The molecule has 2 aliphatic rings. The topological polar surface area (TPSA) is 15.3 Å². The molecular weight excluding hydrogens is 172 g/mol. The fourth-order valence-electron chi connectivity index (χ4n) is 2.41. The molecule has 0 atom stereocenters. The van der Waals surface area contributed by atoms with Crippen molar-refractivity contribution in [3.05, 3.63) is 0 Å². The fourth-order valence-corrected chi connectivity index (χ4v) is 2.41. The van der Waals surface area contributed by atoms with Crippen molar-refractivity contribution in [3.63, 3.8) is 0 Å². The van der Waals surface area contributed by atoms with E-state index in [2.05, 4.69) is 37.9 Å². The highest BCUT2D eigenvalue weighted by molar-refractivity contribution is 5.03. The molecule has 1 aliphatic heterocycles. The molecule has 1 saturated carbocycles. The Balaban J connectivity index is 2.09. The number of nitrogens with one attached hydrogen (secondary N) is 1. The van der Waals surface area contributed by atoms with Crippen LogP contribution in [0.2, 0.25) is 0 Å². The van der Waals surface area contributed by atoms with Gasteiger partial charge in [0, 0.05) is 31.2 Å². The van der Waals surface area contributed by atoms with Gasteiger partial charge in [0.25, 0.3) is 0 Å². The van der Waals surface area contributed by atoms with Crippen LogP contribution in [-0.4, -0.2) is 36.1 Å². The maximum absolute atomic E-state index is 3.72. The van der Waals surface area contributed by atoms with Gasteiger partial charge in [0.15, 0.2) is 0 Å². The zero-order valence-electron chi connectivity index (χ0n) is 10.1. The van der Waals surface area contributed by atoms with Crippen LogP contribution in [-0.2, 0) is 0 Å². The van der Waals surface area contributed by atoms with Crippen molar-refractivity contribution in [2.24, 2.45) is 5.41 Å². The smallest absolute Gasteiger partial charge is 0.0252 e. The number of rotatable bonds is 1. The molecule has 1 aliphatic carbocycles. The summed E-state index contributed by atoms with van der Waals surface area (Å²) in [6, 6.07) is 0.687. The molecular formula is C12H24N2. The molecule has 0 amide bonds. The number of hydrogen-bond acceptors (Lipinski definition) is 2. The summed E-state index contributed by atoms with van der Waals surface area (Å²) in [6.07, 6.45) is 2.86. The Hall–Kier alpha value is -0.0800. The first-order chi connectivity index (χ1) is 6.43. The molecule has 82 valence electrons. The second-order valence-corrected chi connectivity index (χ2v) is 6.24. The summed E-state index contributed by atoms with van der Waals surface area (Å²) < 4.78 is 0. The molecule has 1 spiro atoms. The summed E-state index contributed by atoms with van der Waals surface area (Å²) in [4.78, 5) is 2.65. The van der Waals surface area contributed by atoms with Crippen molar-refractivity contribution in [2.45, 2.75) is 52.1 Å². The summed E-state index contributed by atoms with van der Waals surface area (Å²) in [7, 11) is 0. The largest absolute Gasteiger partial charge is 0.310 e. The standard InChI is InChI=1S/C12H24N2/c1-10(2)14-8-11(3,4)13-7-12(9-14)5-6-12/h10,13H,5-9H2,1-4H3. The van der Waals surface area contributed by atoms with Crippen LogP contribution in [0.25, 0.3) is 0 Å². The molecule has 1 N–H and O–H groups in total. The quantitative estimate of drug-likeness (QED) is 0.688. The van der Waals surface area contributed by atoms with Crippen LogP contribution in [0.15, 0.2) is 0 Å². The Morgan fingerprint density at radius 3 is 2.29 bits per heavy atom. The van der Waals surface area contributed by atoms with Crippen molar-refractivity contribution < 1.29 is 0 Å². The molecule has 2 rings (SSSR count). The third-order valence-corrected chi connectivity index (χ3v) is 3.77. The van der Waals surface area contributed by atoms with Crippen molar-refractivity contribution in [1.29, 1.82) is 0 Å². The average molecular weight is 196 g/mol. The lowest BCUT2D eigenvalue weighted by Gasteiger charge is -2.32. The minimum Gasteiger partial charge on any atom is -0.310 e. The third kappa shape index (κ3) is 2.12. The first-order valence-corrected chi connectivity index (χ1v) is 5.92. The SMILES string of the molecule is CC(C)N1CC2(CC2)CNC(C)(C)C1. The number of hydrogen-bond donors (Lipinski definition) is 1. The van der Waals surface area contributed by atoms with E-state index in [-0.39, 0.29) is 5.54 Å². The van der Waals surface area contributed by atoms with Crippen molar-refractivity contribution in [1.82, 2.24) is 10.2 Å². The Morgan fingerprint density at radius 2 is 1.79 bits per heavy atom. The Labute approximate surface area is 88.1 Å². The van der Waals surface area contributed by atoms with E-state index in [0.717, 1.165) is 0 Å². The first kappa shape index (κ1) is 10.4. The fraction of sp³-hybridized carbons (Fsp3) is 1.00. The van der Waals surface area contributed by atoms with Gasteiger partial charge in [-0.1, -0.05) is 0 Å². The summed E-state index contributed by atoms with van der Waals surface area (Å²) in [5.74, 6) is 0. The summed E-state index contributed by atoms with van der Waals surface area (Å²) >= 11 is 0. The van der Waals surface area contributed by atoms with E-state index in [1.807, 2.05) is 0 Å². The molecule has 0 aromatic rings. The molecule has 1 heterocycles. The van der Waals surface area contributed by atoms with Gasteiger partial charge in [-0.25, -0.2) is 0 Å². The summed E-state index contributed by atoms with van der Waals surface area (Å²) in [5, 5.41) is 3.72. The van der Waals surface area contributed by atoms with Gasteiger partial charge in [0.05, 0.1) is 0 Å². The first-order valence-electron chi connectivity index (χ1n) is 5.92. The minimum absolute atomic E-state index is 0.288. The summed E-state index contributed by atoms with van der Waals surface area (Å²) in [6.45, 7) is 13.0. The van der Waals surface area contributed by atoms with Crippen LogP contribution in [0, 0.1) is 5.41 Å². The second-order valence-electron chi connectivity index (χ2n) is 6.24. The zero-order chi connectivity index (χ0) is 10.4. The third-order valence-electron chi connectivity index (χ3n) is 3.77. The second kappa shape index (κ2) is 3.21. The molecule has 0 aromatic heterocycles. The van der Waals surface area contributed by atoms with Gasteiger partial charge in [-0.15, -0.1) is 0 Å². The van der Waals surface area contributed by atoms with Gasteiger partial charge in [0.2, 0.25) is 0 Å². The van der Waals surface area contributed by atoms with E-state index in [0.29, 0.717) is 11.5 Å². The lowest BCUT2D eigenvalue weighted by atomic mass is 10.1. The van der Waals surface area contributed by atoms with Gasteiger partial charge in [-0.3, -0.25) is 4.90 Å². The van der Waals surface area contributed by atoms with Crippen LogP contribution < -0.4 is 5.32 Å². The van der Waals surface area contributed by atoms with E-state index >= 15 is 0 Å². The Morgan fingerprint density at radius 1 is 1.14 bits per heavy atom. The van der Waals surface area contributed by atoms with Crippen LogP contribution in [0.4, 0.5) is 0 Å². The van der Waals surface area contributed by atoms with Crippen LogP contribution in [0.3, 0.4) is 0 Å². The molecule has 2 fully saturated rings. The highest BCUT2D eigenvalue weighted by Gasteiger charge is 2.47. The van der Waals surface area contributed by atoms with E-state index in [1.54, 1.807) is 0 Å². The van der Waals surface area contributed by atoms with E-state index in [9.17, 15) is 0 Å². The van der Waals surface area contributed by atoms with Crippen molar-refractivity contribution in [2.75, 3.05) is 19.6 Å². The van der Waals surface area contributed by atoms with Crippen LogP contribution in [0.1, 0.15) is 40.5 Å². The average Bonchev–Trinajstić information content (AvgIpc) is 2.82. The molecule has 0 aromatic carbocycles. The monoisotopic (exact) mass is 196 g/mol. The van der Waals surface area contributed by atoms with Crippen molar-refractivity contribution >= 4 is 0 Å². The molecule has 0 radical (unpaired) electrons. The van der Waals surface area contributed by atoms with Crippen molar-refractivity contribution in [3.8, 4) is 0 Å². The van der Waals surface area contributed by atoms with Gasteiger partial charge < -0.3 is 5.32 Å². The Kier molecular flexibility index (Phi) is 2.39. The van der Waals surface area contributed by atoms with Gasteiger partial charge >= 0.3 is 0 Å². The molecule has 0 bridgehead atoms.